The molecule has 0 aliphatic carbocycles. The fourth-order valence-corrected chi connectivity index (χ4v) is 4.76. The first kappa shape index (κ1) is 28.7. The molecule has 0 saturated heterocycles. The molecule has 35 heavy (non-hydrogen) atoms. The van der Waals surface area contributed by atoms with Crippen molar-refractivity contribution >= 4 is 39.1 Å². The highest BCUT2D eigenvalue weighted by Gasteiger charge is 2.32. The monoisotopic (exact) mass is 521 g/mol. The molecule has 9 heteroatoms. The summed E-state index contributed by atoms with van der Waals surface area (Å²) in [4.78, 5) is 28.2. The Kier molecular flexibility index (Phi) is 10.2. The summed E-state index contributed by atoms with van der Waals surface area (Å²) in [5.41, 5.74) is 2.93. The molecule has 0 radical (unpaired) electrons. The Labute approximate surface area is 214 Å². The third-order valence-electron chi connectivity index (χ3n) is 5.86. The highest BCUT2D eigenvalue weighted by molar-refractivity contribution is 7.92. The second-order valence-electron chi connectivity index (χ2n) is 9.20. The lowest BCUT2D eigenvalue weighted by molar-refractivity contribution is -0.140. The van der Waals surface area contributed by atoms with Crippen LogP contribution in [0.3, 0.4) is 0 Å². The van der Waals surface area contributed by atoms with E-state index in [2.05, 4.69) is 5.32 Å². The molecule has 0 spiro atoms. The number of nitrogens with one attached hydrogen (secondary N) is 1. The van der Waals surface area contributed by atoms with Crippen LogP contribution in [0.4, 0.5) is 5.69 Å². The molecule has 0 heterocycles. The number of carbonyl (C=O) groups is 2. The Morgan fingerprint density at radius 3 is 2.23 bits per heavy atom. The van der Waals surface area contributed by atoms with Gasteiger partial charge in [0.25, 0.3) is 0 Å². The SMILES string of the molecule is CC[C@@H](C(=O)NCC(C)C)N(Cc1ccc(Cl)cc1)C(=O)CN(c1cccc(C)c1C)S(C)(=O)=O. The molecule has 7 nitrogen and oxygen atoms in total. The molecule has 0 aliphatic rings. The normalized spacial score (nSPS) is 12.3. The van der Waals surface area contributed by atoms with Crippen molar-refractivity contribution in [1.82, 2.24) is 10.2 Å². The van der Waals surface area contributed by atoms with Gasteiger partial charge in [-0.3, -0.25) is 13.9 Å². The summed E-state index contributed by atoms with van der Waals surface area (Å²) in [5.74, 6) is -0.471. The lowest BCUT2D eigenvalue weighted by Gasteiger charge is -2.33. The van der Waals surface area contributed by atoms with Crippen LogP contribution < -0.4 is 9.62 Å². The minimum atomic E-state index is -3.77. The van der Waals surface area contributed by atoms with Crippen LogP contribution in [-0.2, 0) is 26.2 Å². The molecule has 2 aromatic rings. The molecule has 2 rings (SSSR count). The number of amides is 2. The molecule has 0 aromatic heterocycles. The summed E-state index contributed by atoms with van der Waals surface area (Å²) in [6.45, 7) is 9.75. The highest BCUT2D eigenvalue weighted by atomic mass is 35.5. The Morgan fingerprint density at radius 2 is 1.69 bits per heavy atom. The maximum atomic E-state index is 13.7. The fourth-order valence-electron chi connectivity index (χ4n) is 3.73. The van der Waals surface area contributed by atoms with E-state index in [0.717, 1.165) is 27.3 Å². The molecule has 0 unspecified atom stereocenters. The fraction of sp³-hybridized carbons (Fsp3) is 0.462. The van der Waals surface area contributed by atoms with Gasteiger partial charge in [-0.05, 0) is 61.1 Å². The van der Waals surface area contributed by atoms with Crippen molar-refractivity contribution < 1.29 is 18.0 Å². The summed E-state index contributed by atoms with van der Waals surface area (Å²) in [6.07, 6.45) is 1.46. The number of anilines is 1. The molecular formula is C26H36ClN3O4S. The van der Waals surface area contributed by atoms with E-state index in [0.29, 0.717) is 23.7 Å². The molecule has 2 aromatic carbocycles. The number of aryl methyl sites for hydroxylation is 1. The number of nitrogens with zero attached hydrogens (tertiary/aromatic N) is 2. The smallest absolute Gasteiger partial charge is 0.244 e. The van der Waals surface area contributed by atoms with Crippen LogP contribution in [0.1, 0.15) is 43.9 Å². The quantitative estimate of drug-likeness (QED) is 0.477. The van der Waals surface area contributed by atoms with E-state index >= 15 is 0 Å². The predicted molar refractivity (Wildman–Crippen MR) is 142 cm³/mol. The van der Waals surface area contributed by atoms with E-state index in [1.165, 1.54) is 4.90 Å². The van der Waals surface area contributed by atoms with Gasteiger partial charge in [0.1, 0.15) is 12.6 Å². The van der Waals surface area contributed by atoms with Gasteiger partial charge in [0.05, 0.1) is 11.9 Å². The van der Waals surface area contributed by atoms with Crippen molar-refractivity contribution in [2.45, 2.75) is 53.6 Å². The van der Waals surface area contributed by atoms with Crippen molar-refractivity contribution in [2.75, 3.05) is 23.7 Å². The number of halogens is 1. The summed E-state index contributed by atoms with van der Waals surface area (Å²) in [6, 6.07) is 11.6. The highest BCUT2D eigenvalue weighted by Crippen LogP contribution is 2.25. The van der Waals surface area contributed by atoms with E-state index in [1.807, 2.05) is 40.7 Å². The van der Waals surface area contributed by atoms with E-state index in [9.17, 15) is 18.0 Å². The summed E-state index contributed by atoms with van der Waals surface area (Å²) in [7, 11) is -3.77. The second kappa shape index (κ2) is 12.4. The summed E-state index contributed by atoms with van der Waals surface area (Å²) in [5, 5.41) is 3.47. The van der Waals surface area contributed by atoms with Gasteiger partial charge in [-0.15, -0.1) is 0 Å². The molecule has 0 fully saturated rings. The Hall–Kier alpha value is -2.58. The third kappa shape index (κ3) is 7.97. The zero-order chi connectivity index (χ0) is 26.3. The lowest BCUT2D eigenvalue weighted by Crippen LogP contribution is -2.52. The van der Waals surface area contributed by atoms with Crippen LogP contribution in [0.5, 0.6) is 0 Å². The van der Waals surface area contributed by atoms with Gasteiger partial charge in [-0.2, -0.15) is 0 Å². The van der Waals surface area contributed by atoms with Crippen molar-refractivity contribution in [3.05, 3.63) is 64.2 Å². The van der Waals surface area contributed by atoms with Crippen molar-refractivity contribution in [2.24, 2.45) is 5.92 Å². The van der Waals surface area contributed by atoms with E-state index < -0.39 is 28.5 Å². The van der Waals surface area contributed by atoms with Gasteiger partial charge in [-0.25, -0.2) is 8.42 Å². The molecule has 192 valence electrons. The van der Waals surface area contributed by atoms with Crippen molar-refractivity contribution in [1.29, 1.82) is 0 Å². The van der Waals surface area contributed by atoms with Crippen LogP contribution in [0, 0.1) is 19.8 Å². The predicted octanol–water partition coefficient (Wildman–Crippen LogP) is 4.30. The zero-order valence-electron chi connectivity index (χ0n) is 21.3. The summed E-state index contributed by atoms with van der Waals surface area (Å²) < 4.78 is 26.6. The standard InChI is InChI=1S/C26H36ClN3O4S/c1-7-23(26(32)28-15-18(2)3)29(16-21-11-13-22(27)14-12-21)25(31)17-30(35(6,33)34)24-10-8-9-19(4)20(24)5/h8-14,18,23H,7,15-17H2,1-6H3,(H,28,32)/t23-/m0/s1. The minimum Gasteiger partial charge on any atom is -0.354 e. The van der Waals surface area contributed by atoms with Crippen LogP contribution in [0.25, 0.3) is 0 Å². The second-order valence-corrected chi connectivity index (χ2v) is 11.5. The average molecular weight is 522 g/mol. The third-order valence-corrected chi connectivity index (χ3v) is 7.24. The molecule has 0 aliphatic heterocycles. The lowest BCUT2D eigenvalue weighted by atomic mass is 10.1. The van der Waals surface area contributed by atoms with Gasteiger partial charge >= 0.3 is 0 Å². The van der Waals surface area contributed by atoms with Crippen LogP contribution in [0.2, 0.25) is 5.02 Å². The topological polar surface area (TPSA) is 86.8 Å². The van der Waals surface area contributed by atoms with Gasteiger partial charge in [-0.1, -0.05) is 56.6 Å². The van der Waals surface area contributed by atoms with Gasteiger partial charge in [0.15, 0.2) is 0 Å². The molecule has 0 saturated carbocycles. The van der Waals surface area contributed by atoms with Crippen LogP contribution in [0.15, 0.2) is 42.5 Å². The molecule has 2 amide bonds. The maximum Gasteiger partial charge on any atom is 0.244 e. The number of rotatable bonds is 11. The van der Waals surface area contributed by atoms with E-state index in [4.69, 9.17) is 11.6 Å². The van der Waals surface area contributed by atoms with Crippen LogP contribution >= 0.6 is 11.6 Å². The average Bonchev–Trinajstić information content (AvgIpc) is 2.78. The first-order chi connectivity index (χ1) is 16.3. The van der Waals surface area contributed by atoms with Crippen molar-refractivity contribution in [3.63, 3.8) is 0 Å². The Balaban J connectivity index is 2.45. The molecule has 1 N–H and O–H groups in total. The first-order valence-electron chi connectivity index (χ1n) is 11.7. The van der Waals surface area contributed by atoms with E-state index in [-0.39, 0.29) is 18.4 Å². The maximum absolute atomic E-state index is 13.7. The van der Waals surface area contributed by atoms with Crippen LogP contribution in [-0.4, -0.2) is 50.5 Å². The zero-order valence-corrected chi connectivity index (χ0v) is 22.9. The largest absolute Gasteiger partial charge is 0.354 e. The number of carbonyl (C=O) groups excluding carboxylic acids is 2. The Morgan fingerprint density at radius 1 is 1.06 bits per heavy atom. The first-order valence-corrected chi connectivity index (χ1v) is 13.9. The molecule has 1 atom stereocenters. The van der Waals surface area contributed by atoms with Gasteiger partial charge < -0.3 is 10.2 Å². The van der Waals surface area contributed by atoms with E-state index in [1.54, 1.807) is 36.4 Å². The molecule has 0 bridgehead atoms. The Bertz CT molecular complexity index is 1130. The number of benzene rings is 2. The van der Waals surface area contributed by atoms with Gasteiger partial charge in [0.2, 0.25) is 21.8 Å². The van der Waals surface area contributed by atoms with Crippen molar-refractivity contribution in [3.8, 4) is 0 Å². The molecular weight excluding hydrogens is 486 g/mol. The van der Waals surface area contributed by atoms with Gasteiger partial charge in [0, 0.05) is 18.1 Å². The number of hydrogen-bond donors (Lipinski definition) is 1. The minimum absolute atomic E-state index is 0.147. The summed E-state index contributed by atoms with van der Waals surface area (Å²) >= 11 is 6.02. The number of hydrogen-bond acceptors (Lipinski definition) is 4. The number of sulfonamides is 1.